The van der Waals surface area contributed by atoms with E-state index < -0.39 is 27.9 Å². The van der Waals surface area contributed by atoms with E-state index in [9.17, 15) is 17.6 Å². The highest BCUT2D eigenvalue weighted by Crippen LogP contribution is 2.24. The van der Waals surface area contributed by atoms with Crippen molar-refractivity contribution in [2.24, 2.45) is 0 Å². The topological polar surface area (TPSA) is 84.5 Å². The number of anilines is 2. The van der Waals surface area contributed by atoms with Gasteiger partial charge in [-0.05, 0) is 67.4 Å². The van der Waals surface area contributed by atoms with Gasteiger partial charge in [-0.3, -0.25) is 9.52 Å². The van der Waals surface area contributed by atoms with Crippen LogP contribution in [0.3, 0.4) is 0 Å². The van der Waals surface area contributed by atoms with Gasteiger partial charge in [0.05, 0.1) is 10.6 Å². The summed E-state index contributed by atoms with van der Waals surface area (Å²) >= 11 is 6.05. The lowest BCUT2D eigenvalue weighted by atomic mass is 10.2. The lowest BCUT2D eigenvalue weighted by molar-refractivity contribution is -0.122. The van der Waals surface area contributed by atoms with Crippen molar-refractivity contribution in [3.63, 3.8) is 0 Å². The molecule has 0 unspecified atom stereocenters. The number of sulfonamides is 1. The molecule has 0 aliphatic rings. The summed E-state index contributed by atoms with van der Waals surface area (Å²) in [7, 11) is -3.84. The Labute approximate surface area is 191 Å². The number of amides is 1. The Hall–Kier alpha value is -3.10. The molecule has 0 aromatic heterocycles. The summed E-state index contributed by atoms with van der Waals surface area (Å²) in [5.41, 5.74) is 1.55. The van der Waals surface area contributed by atoms with E-state index in [1.165, 1.54) is 48.5 Å². The molecule has 0 radical (unpaired) electrons. The monoisotopic (exact) mass is 476 g/mol. The highest BCUT2D eigenvalue weighted by atomic mass is 35.5. The fourth-order valence-electron chi connectivity index (χ4n) is 2.83. The highest BCUT2D eigenvalue weighted by molar-refractivity contribution is 7.92. The number of hydrogen-bond acceptors (Lipinski definition) is 4. The van der Waals surface area contributed by atoms with Gasteiger partial charge in [-0.1, -0.05) is 36.7 Å². The van der Waals surface area contributed by atoms with Crippen molar-refractivity contribution in [3.8, 4) is 5.75 Å². The highest BCUT2D eigenvalue weighted by Gasteiger charge is 2.21. The van der Waals surface area contributed by atoms with Crippen molar-refractivity contribution in [2.45, 2.75) is 31.3 Å². The molecule has 32 heavy (non-hydrogen) atoms. The molecule has 6 nitrogen and oxygen atoms in total. The van der Waals surface area contributed by atoms with E-state index in [2.05, 4.69) is 10.0 Å². The second kappa shape index (κ2) is 10.0. The van der Waals surface area contributed by atoms with Crippen LogP contribution in [-0.4, -0.2) is 20.4 Å². The number of hydrogen-bond donors (Lipinski definition) is 2. The first-order valence-corrected chi connectivity index (χ1v) is 11.7. The fourth-order valence-corrected chi connectivity index (χ4v) is 4.06. The number of halogens is 2. The van der Waals surface area contributed by atoms with E-state index in [-0.39, 0.29) is 10.6 Å². The van der Waals surface area contributed by atoms with Crippen LogP contribution >= 0.6 is 11.6 Å². The molecule has 0 spiro atoms. The summed E-state index contributed by atoms with van der Waals surface area (Å²) in [6.07, 6.45) is -0.599. The minimum absolute atomic E-state index is 0.0155. The Bertz CT molecular complexity index is 1220. The molecular weight excluding hydrogens is 455 g/mol. The molecular formula is C23H22ClFN2O4S. The maximum absolute atomic E-state index is 13.8. The number of ether oxygens (including phenoxy) is 1. The van der Waals surface area contributed by atoms with E-state index in [1.54, 1.807) is 25.1 Å². The van der Waals surface area contributed by atoms with Crippen LogP contribution in [0.4, 0.5) is 15.8 Å². The van der Waals surface area contributed by atoms with Crippen molar-refractivity contribution in [2.75, 3.05) is 10.0 Å². The summed E-state index contributed by atoms with van der Waals surface area (Å²) < 4.78 is 47.0. The molecule has 3 aromatic rings. The number of carbonyl (C=O) groups excluding carboxylic acids is 1. The maximum atomic E-state index is 13.8. The molecule has 3 rings (SSSR count). The average Bonchev–Trinajstić information content (AvgIpc) is 2.76. The minimum Gasteiger partial charge on any atom is -0.478 e. The predicted molar refractivity (Wildman–Crippen MR) is 123 cm³/mol. The number of carbonyl (C=O) groups is 1. The van der Waals surface area contributed by atoms with Crippen molar-refractivity contribution in [3.05, 3.63) is 83.1 Å². The fraction of sp³-hybridized carbons (Fsp3) is 0.174. The average molecular weight is 477 g/mol. The number of benzene rings is 3. The summed E-state index contributed by atoms with van der Waals surface area (Å²) in [5.74, 6) is -1.05. The minimum atomic E-state index is -3.84. The number of aryl methyl sites for hydroxylation is 1. The van der Waals surface area contributed by atoms with Crippen LogP contribution in [0.1, 0.15) is 18.9 Å². The summed E-state index contributed by atoms with van der Waals surface area (Å²) in [6, 6.07) is 16.4. The molecule has 0 bridgehead atoms. The van der Waals surface area contributed by atoms with Crippen LogP contribution in [0.5, 0.6) is 5.75 Å². The van der Waals surface area contributed by atoms with Gasteiger partial charge in [0.25, 0.3) is 15.9 Å². The van der Waals surface area contributed by atoms with Gasteiger partial charge in [0.15, 0.2) is 17.7 Å². The molecule has 0 aliphatic carbocycles. The first-order valence-electron chi connectivity index (χ1n) is 9.80. The third-order valence-corrected chi connectivity index (χ3v) is 6.43. The van der Waals surface area contributed by atoms with Gasteiger partial charge in [-0.25, -0.2) is 12.8 Å². The Morgan fingerprint density at radius 1 is 1.06 bits per heavy atom. The zero-order chi connectivity index (χ0) is 23.3. The Balaban J connectivity index is 1.68. The van der Waals surface area contributed by atoms with E-state index in [1.807, 2.05) is 6.92 Å². The molecule has 0 fully saturated rings. The molecule has 9 heteroatoms. The van der Waals surface area contributed by atoms with Gasteiger partial charge >= 0.3 is 0 Å². The van der Waals surface area contributed by atoms with Gasteiger partial charge in [-0.15, -0.1) is 0 Å². The molecule has 2 N–H and O–H groups in total. The molecule has 0 saturated heterocycles. The number of para-hydroxylation sites is 1. The van der Waals surface area contributed by atoms with E-state index in [0.29, 0.717) is 22.8 Å². The van der Waals surface area contributed by atoms with Gasteiger partial charge in [0.1, 0.15) is 0 Å². The number of nitrogens with one attached hydrogen (secondary N) is 2. The largest absolute Gasteiger partial charge is 0.478 e. The zero-order valence-corrected chi connectivity index (χ0v) is 19.0. The smallest absolute Gasteiger partial charge is 0.265 e. The molecule has 0 aliphatic heterocycles. The second-order valence-corrected chi connectivity index (χ2v) is 9.12. The maximum Gasteiger partial charge on any atom is 0.265 e. The quantitative estimate of drug-likeness (QED) is 0.457. The third kappa shape index (κ3) is 5.77. The second-order valence-electron chi connectivity index (χ2n) is 7.03. The molecule has 0 heterocycles. The lowest BCUT2D eigenvalue weighted by Crippen LogP contribution is -2.32. The normalized spacial score (nSPS) is 12.1. The predicted octanol–water partition coefficient (Wildman–Crippen LogP) is 5.38. The lowest BCUT2D eigenvalue weighted by Gasteiger charge is -2.18. The Morgan fingerprint density at radius 3 is 2.34 bits per heavy atom. The Kier molecular flexibility index (Phi) is 7.37. The van der Waals surface area contributed by atoms with E-state index >= 15 is 0 Å². The number of rotatable bonds is 8. The van der Waals surface area contributed by atoms with Crippen molar-refractivity contribution < 1.29 is 22.3 Å². The SMILES string of the molecule is CC[C@H](Oc1ccccc1F)C(=O)Nc1ccc(S(=O)(=O)Nc2ccc(C)c(Cl)c2)cc1. The van der Waals surface area contributed by atoms with Crippen LogP contribution < -0.4 is 14.8 Å². The van der Waals surface area contributed by atoms with Crippen LogP contribution in [0, 0.1) is 12.7 Å². The molecule has 1 amide bonds. The summed E-state index contributed by atoms with van der Waals surface area (Å²) in [4.78, 5) is 12.6. The molecule has 1 atom stereocenters. The van der Waals surface area contributed by atoms with Crippen LogP contribution in [0.15, 0.2) is 71.6 Å². The van der Waals surface area contributed by atoms with Gasteiger partial charge in [0, 0.05) is 10.7 Å². The van der Waals surface area contributed by atoms with Crippen LogP contribution in [0.2, 0.25) is 5.02 Å². The van der Waals surface area contributed by atoms with E-state index in [4.69, 9.17) is 16.3 Å². The van der Waals surface area contributed by atoms with Crippen molar-refractivity contribution in [1.82, 2.24) is 0 Å². The van der Waals surface area contributed by atoms with Gasteiger partial charge in [0.2, 0.25) is 0 Å². The van der Waals surface area contributed by atoms with Crippen molar-refractivity contribution in [1.29, 1.82) is 0 Å². The van der Waals surface area contributed by atoms with Crippen molar-refractivity contribution >= 4 is 38.9 Å². The van der Waals surface area contributed by atoms with Crippen LogP contribution in [-0.2, 0) is 14.8 Å². The third-order valence-electron chi connectivity index (χ3n) is 4.63. The summed E-state index contributed by atoms with van der Waals surface area (Å²) in [6.45, 7) is 3.56. The molecule has 0 saturated carbocycles. The first kappa shape index (κ1) is 23.6. The first-order chi connectivity index (χ1) is 15.2. The zero-order valence-electron chi connectivity index (χ0n) is 17.4. The standard InChI is InChI=1S/C23H22ClFN2O4S/c1-3-21(31-22-7-5-4-6-20(22)25)23(28)26-16-10-12-18(13-11-16)32(29,30)27-17-9-8-15(2)19(24)14-17/h4-14,21,27H,3H2,1-2H3,(H,26,28)/t21-/m0/s1. The molecule has 168 valence electrons. The van der Waals surface area contributed by atoms with Gasteiger partial charge < -0.3 is 10.1 Å². The molecule has 3 aromatic carbocycles. The summed E-state index contributed by atoms with van der Waals surface area (Å²) in [5, 5.41) is 3.11. The van der Waals surface area contributed by atoms with Crippen LogP contribution in [0.25, 0.3) is 0 Å². The van der Waals surface area contributed by atoms with Gasteiger partial charge in [-0.2, -0.15) is 0 Å². The van der Waals surface area contributed by atoms with E-state index in [0.717, 1.165) is 5.56 Å². The Morgan fingerprint density at radius 2 is 1.72 bits per heavy atom.